The lowest BCUT2D eigenvalue weighted by atomic mass is 9.87. The van der Waals surface area contributed by atoms with Crippen LogP contribution in [0, 0.1) is 5.41 Å². The van der Waals surface area contributed by atoms with Crippen molar-refractivity contribution >= 4 is 11.9 Å². The van der Waals surface area contributed by atoms with Crippen LogP contribution >= 0.6 is 0 Å². The van der Waals surface area contributed by atoms with Crippen molar-refractivity contribution in [3.63, 3.8) is 0 Å². The van der Waals surface area contributed by atoms with Gasteiger partial charge >= 0.3 is 11.9 Å². The Morgan fingerprint density at radius 1 is 1.67 bits per heavy atom. The van der Waals surface area contributed by atoms with Crippen molar-refractivity contribution in [3.05, 3.63) is 12.7 Å². The summed E-state index contributed by atoms with van der Waals surface area (Å²) in [5.41, 5.74) is -1.23. The number of methoxy groups -OCH3 is 1. The van der Waals surface area contributed by atoms with Crippen LogP contribution in [0.3, 0.4) is 0 Å². The van der Waals surface area contributed by atoms with E-state index in [0.29, 0.717) is 0 Å². The molecule has 0 amide bonds. The van der Waals surface area contributed by atoms with Gasteiger partial charge in [0.25, 0.3) is 0 Å². The van der Waals surface area contributed by atoms with E-state index in [1.807, 2.05) is 0 Å². The predicted octanol–water partition coefficient (Wildman–Crippen LogP) is 0.826. The molecule has 0 spiro atoms. The molecule has 0 aliphatic carbocycles. The van der Waals surface area contributed by atoms with Crippen LogP contribution in [0.2, 0.25) is 0 Å². The molecule has 0 heterocycles. The standard InChI is InChI=1S/C8H12O4/c1-4-8(2,7(10)11)5-6(9)12-3/h4H,1,5H2,2-3H3,(H,10,11). The zero-order chi connectivity index (χ0) is 9.78. The van der Waals surface area contributed by atoms with Gasteiger partial charge in [-0.3, -0.25) is 9.59 Å². The molecule has 68 valence electrons. The van der Waals surface area contributed by atoms with Gasteiger partial charge in [-0.15, -0.1) is 6.58 Å². The number of rotatable bonds is 4. The fourth-order valence-electron chi connectivity index (χ4n) is 0.607. The minimum Gasteiger partial charge on any atom is -0.481 e. The minimum absolute atomic E-state index is 0.192. The Morgan fingerprint density at radius 3 is 2.42 bits per heavy atom. The molecule has 0 saturated heterocycles. The Balaban J connectivity index is 4.45. The van der Waals surface area contributed by atoms with Crippen molar-refractivity contribution < 1.29 is 19.4 Å². The molecule has 4 nitrogen and oxygen atoms in total. The van der Waals surface area contributed by atoms with E-state index in [1.54, 1.807) is 0 Å². The van der Waals surface area contributed by atoms with Crippen molar-refractivity contribution in [2.24, 2.45) is 5.41 Å². The van der Waals surface area contributed by atoms with E-state index in [4.69, 9.17) is 5.11 Å². The van der Waals surface area contributed by atoms with Gasteiger partial charge in [-0.25, -0.2) is 0 Å². The third-order valence-corrected chi connectivity index (χ3v) is 1.68. The van der Waals surface area contributed by atoms with Crippen LogP contribution in [0.1, 0.15) is 13.3 Å². The maximum Gasteiger partial charge on any atom is 0.313 e. The zero-order valence-corrected chi connectivity index (χ0v) is 7.16. The predicted molar refractivity (Wildman–Crippen MR) is 42.6 cm³/mol. The number of hydrogen-bond acceptors (Lipinski definition) is 3. The van der Waals surface area contributed by atoms with E-state index in [2.05, 4.69) is 11.3 Å². The highest BCUT2D eigenvalue weighted by atomic mass is 16.5. The van der Waals surface area contributed by atoms with Crippen LogP contribution in [0.4, 0.5) is 0 Å². The van der Waals surface area contributed by atoms with E-state index >= 15 is 0 Å². The summed E-state index contributed by atoms with van der Waals surface area (Å²) in [4.78, 5) is 21.4. The Kier molecular flexibility index (Phi) is 3.47. The molecule has 0 bridgehead atoms. The maximum absolute atomic E-state index is 10.8. The fraction of sp³-hybridized carbons (Fsp3) is 0.500. The summed E-state index contributed by atoms with van der Waals surface area (Å²) in [7, 11) is 1.22. The Morgan fingerprint density at radius 2 is 2.17 bits per heavy atom. The van der Waals surface area contributed by atoms with Gasteiger partial charge < -0.3 is 9.84 Å². The first kappa shape index (κ1) is 10.7. The molecule has 0 aliphatic heterocycles. The Bertz CT molecular complexity index is 209. The van der Waals surface area contributed by atoms with Gasteiger partial charge in [0.15, 0.2) is 0 Å². The number of aliphatic carboxylic acids is 1. The molecule has 0 aromatic carbocycles. The highest BCUT2D eigenvalue weighted by Crippen LogP contribution is 2.23. The molecule has 1 atom stereocenters. The molecule has 0 saturated carbocycles. The summed E-state index contributed by atoms with van der Waals surface area (Å²) in [5, 5.41) is 8.70. The van der Waals surface area contributed by atoms with Crippen LogP contribution in [0.15, 0.2) is 12.7 Å². The zero-order valence-electron chi connectivity index (χ0n) is 7.16. The summed E-state index contributed by atoms with van der Waals surface area (Å²) in [6.07, 6.45) is 1.04. The second-order valence-corrected chi connectivity index (χ2v) is 2.68. The first-order chi connectivity index (χ1) is 5.46. The number of carbonyl (C=O) groups is 2. The van der Waals surface area contributed by atoms with E-state index in [1.165, 1.54) is 20.1 Å². The first-order valence-corrected chi connectivity index (χ1v) is 3.40. The lowest BCUT2D eigenvalue weighted by Gasteiger charge is -2.17. The Hall–Kier alpha value is -1.32. The molecule has 1 N–H and O–H groups in total. The number of esters is 1. The molecule has 0 aromatic rings. The van der Waals surface area contributed by atoms with Crippen LogP contribution in [0.25, 0.3) is 0 Å². The second-order valence-electron chi connectivity index (χ2n) is 2.68. The monoisotopic (exact) mass is 172 g/mol. The number of carboxylic acid groups (broad SMARTS) is 1. The average Bonchev–Trinajstić information content (AvgIpc) is 2.03. The van der Waals surface area contributed by atoms with E-state index in [9.17, 15) is 9.59 Å². The van der Waals surface area contributed by atoms with Gasteiger partial charge in [0.1, 0.15) is 0 Å². The second kappa shape index (κ2) is 3.90. The molecular weight excluding hydrogens is 160 g/mol. The molecule has 12 heavy (non-hydrogen) atoms. The SMILES string of the molecule is C=CC(C)(CC(=O)OC)C(=O)O. The number of carboxylic acids is 1. The molecule has 1 unspecified atom stereocenters. The fourth-order valence-corrected chi connectivity index (χ4v) is 0.607. The molecule has 0 fully saturated rings. The number of ether oxygens (including phenoxy) is 1. The summed E-state index contributed by atoms with van der Waals surface area (Å²) in [6, 6.07) is 0. The summed E-state index contributed by atoms with van der Waals surface area (Å²) in [5.74, 6) is -1.64. The van der Waals surface area contributed by atoms with E-state index in [-0.39, 0.29) is 6.42 Å². The maximum atomic E-state index is 10.8. The van der Waals surface area contributed by atoms with Crippen LogP contribution in [0.5, 0.6) is 0 Å². The van der Waals surface area contributed by atoms with Gasteiger partial charge in [-0.05, 0) is 6.92 Å². The lowest BCUT2D eigenvalue weighted by molar-refractivity contribution is -0.153. The van der Waals surface area contributed by atoms with Crippen molar-refractivity contribution in [1.82, 2.24) is 0 Å². The smallest absolute Gasteiger partial charge is 0.313 e. The summed E-state index contributed by atoms with van der Waals surface area (Å²) in [6.45, 7) is 4.77. The van der Waals surface area contributed by atoms with Gasteiger partial charge in [0, 0.05) is 0 Å². The third-order valence-electron chi connectivity index (χ3n) is 1.68. The normalized spacial score (nSPS) is 14.5. The molecule has 4 heteroatoms. The van der Waals surface area contributed by atoms with Gasteiger partial charge in [0.2, 0.25) is 0 Å². The molecule has 0 aromatic heterocycles. The molecule has 0 aliphatic rings. The largest absolute Gasteiger partial charge is 0.481 e. The van der Waals surface area contributed by atoms with Gasteiger partial charge in [-0.2, -0.15) is 0 Å². The molecule has 0 radical (unpaired) electrons. The van der Waals surface area contributed by atoms with Gasteiger partial charge in [-0.1, -0.05) is 6.08 Å². The lowest BCUT2D eigenvalue weighted by Crippen LogP contribution is -2.28. The first-order valence-electron chi connectivity index (χ1n) is 3.40. The van der Waals surface area contributed by atoms with Crippen LogP contribution in [-0.2, 0) is 14.3 Å². The summed E-state index contributed by atoms with van der Waals surface area (Å²) < 4.78 is 4.35. The van der Waals surface area contributed by atoms with Crippen molar-refractivity contribution in [1.29, 1.82) is 0 Å². The molecule has 0 rings (SSSR count). The van der Waals surface area contributed by atoms with Crippen LogP contribution in [-0.4, -0.2) is 24.2 Å². The number of carbonyl (C=O) groups excluding carboxylic acids is 1. The van der Waals surface area contributed by atoms with Crippen molar-refractivity contribution in [3.8, 4) is 0 Å². The minimum atomic E-state index is -1.23. The van der Waals surface area contributed by atoms with Crippen LogP contribution < -0.4 is 0 Å². The summed E-state index contributed by atoms with van der Waals surface area (Å²) >= 11 is 0. The average molecular weight is 172 g/mol. The third kappa shape index (κ3) is 2.38. The topological polar surface area (TPSA) is 63.6 Å². The van der Waals surface area contributed by atoms with Crippen molar-refractivity contribution in [2.75, 3.05) is 7.11 Å². The van der Waals surface area contributed by atoms with Gasteiger partial charge in [0.05, 0.1) is 18.9 Å². The highest BCUT2D eigenvalue weighted by Gasteiger charge is 2.32. The quantitative estimate of drug-likeness (QED) is 0.503. The van der Waals surface area contributed by atoms with E-state index < -0.39 is 17.4 Å². The highest BCUT2D eigenvalue weighted by molar-refractivity contribution is 5.83. The Labute approximate surface area is 70.8 Å². The van der Waals surface area contributed by atoms with E-state index in [0.717, 1.165) is 0 Å². The van der Waals surface area contributed by atoms with Crippen molar-refractivity contribution in [2.45, 2.75) is 13.3 Å². The molecular formula is C8H12O4. The number of hydrogen-bond donors (Lipinski definition) is 1.